The van der Waals surface area contributed by atoms with Gasteiger partial charge in [-0.2, -0.15) is 0 Å². The number of rotatable bonds is 13. The van der Waals surface area contributed by atoms with E-state index in [9.17, 15) is 34.2 Å². The molecule has 182 valence electrons. The van der Waals surface area contributed by atoms with Crippen LogP contribution in [-0.2, 0) is 24.0 Å². The van der Waals surface area contributed by atoms with E-state index >= 15 is 0 Å². The van der Waals surface area contributed by atoms with E-state index in [1.165, 1.54) is 6.92 Å². The van der Waals surface area contributed by atoms with Crippen LogP contribution < -0.4 is 21.3 Å². The maximum atomic E-state index is 12.8. The molecule has 5 unspecified atom stereocenters. The number of amides is 3. The van der Waals surface area contributed by atoms with E-state index < -0.39 is 66.4 Å². The average molecular weight is 459 g/mol. The Labute approximate surface area is 186 Å². The number of aliphatic hydroxyl groups is 1. The molecule has 1 fully saturated rings. The summed E-state index contributed by atoms with van der Waals surface area (Å²) in [5.74, 6) is -4.68. The lowest BCUT2D eigenvalue weighted by Crippen LogP contribution is -2.59. The van der Waals surface area contributed by atoms with Crippen molar-refractivity contribution in [3.05, 3.63) is 0 Å². The molecule has 7 N–H and O–H groups in total. The summed E-state index contributed by atoms with van der Waals surface area (Å²) in [5.41, 5.74) is 0. The molecule has 1 heterocycles. The van der Waals surface area contributed by atoms with Gasteiger partial charge < -0.3 is 36.6 Å². The molecule has 0 aromatic carbocycles. The highest BCUT2D eigenvalue weighted by molar-refractivity contribution is 5.94. The molecule has 1 aliphatic rings. The summed E-state index contributed by atoms with van der Waals surface area (Å²) in [7, 11) is 0. The van der Waals surface area contributed by atoms with E-state index in [1.54, 1.807) is 13.8 Å². The van der Waals surface area contributed by atoms with Crippen molar-refractivity contribution < 1.29 is 39.3 Å². The van der Waals surface area contributed by atoms with Crippen molar-refractivity contribution in [2.75, 3.05) is 6.54 Å². The van der Waals surface area contributed by atoms with Crippen LogP contribution in [0.25, 0.3) is 0 Å². The maximum Gasteiger partial charge on any atom is 0.326 e. The Morgan fingerprint density at radius 2 is 1.59 bits per heavy atom. The van der Waals surface area contributed by atoms with Crippen molar-refractivity contribution in [3.8, 4) is 0 Å². The van der Waals surface area contributed by atoms with Crippen LogP contribution in [-0.4, -0.2) is 81.8 Å². The molecular formula is C20H34N4O8. The van der Waals surface area contributed by atoms with Crippen LogP contribution in [0.3, 0.4) is 0 Å². The summed E-state index contributed by atoms with van der Waals surface area (Å²) in [5, 5.41) is 38.3. The standard InChI is InChI=1S/C20H34N4O8/c1-10(2)9-14(18(29)22-13(20(31)32)6-7-15(26)27)23-19(30)16(11(3)25)24-17(28)12-5-4-8-21-12/h10-14,16,21,25H,4-9H2,1-3H3,(H,22,29)(H,23,30)(H,24,28)(H,26,27)(H,31,32). The first-order valence-corrected chi connectivity index (χ1v) is 10.7. The van der Waals surface area contributed by atoms with E-state index in [0.717, 1.165) is 6.42 Å². The molecule has 0 bridgehead atoms. The van der Waals surface area contributed by atoms with Crippen molar-refractivity contribution in [2.45, 2.75) is 83.1 Å². The third-order valence-electron chi connectivity index (χ3n) is 5.04. The molecule has 5 atom stereocenters. The van der Waals surface area contributed by atoms with Crippen LogP contribution in [0.2, 0.25) is 0 Å². The molecule has 3 amide bonds. The van der Waals surface area contributed by atoms with Gasteiger partial charge >= 0.3 is 11.9 Å². The van der Waals surface area contributed by atoms with Crippen LogP contribution in [0.1, 0.15) is 52.9 Å². The molecule has 0 aliphatic carbocycles. The van der Waals surface area contributed by atoms with Crippen molar-refractivity contribution >= 4 is 29.7 Å². The number of carboxylic acids is 2. The van der Waals surface area contributed by atoms with Gasteiger partial charge in [0.05, 0.1) is 12.1 Å². The molecule has 0 aromatic rings. The van der Waals surface area contributed by atoms with Crippen LogP contribution in [0.15, 0.2) is 0 Å². The topological polar surface area (TPSA) is 194 Å². The second-order valence-corrected chi connectivity index (χ2v) is 8.40. The quantitative estimate of drug-likeness (QED) is 0.173. The Hall–Kier alpha value is -2.73. The number of hydrogen-bond donors (Lipinski definition) is 7. The van der Waals surface area contributed by atoms with Gasteiger partial charge in [0.15, 0.2) is 0 Å². The highest BCUT2D eigenvalue weighted by atomic mass is 16.4. The van der Waals surface area contributed by atoms with Crippen molar-refractivity contribution in [2.24, 2.45) is 5.92 Å². The lowest BCUT2D eigenvalue weighted by atomic mass is 10.0. The fourth-order valence-electron chi connectivity index (χ4n) is 3.33. The first kappa shape index (κ1) is 27.3. The highest BCUT2D eigenvalue weighted by Gasteiger charge is 2.33. The van der Waals surface area contributed by atoms with Crippen molar-refractivity contribution in [3.63, 3.8) is 0 Å². The first-order valence-electron chi connectivity index (χ1n) is 10.7. The third-order valence-corrected chi connectivity index (χ3v) is 5.04. The van der Waals surface area contributed by atoms with Crippen LogP contribution >= 0.6 is 0 Å². The largest absolute Gasteiger partial charge is 0.481 e. The fraction of sp³-hybridized carbons (Fsp3) is 0.750. The predicted molar refractivity (Wildman–Crippen MR) is 112 cm³/mol. The Kier molecular flexibility index (Phi) is 11.1. The number of aliphatic hydroxyl groups excluding tert-OH is 1. The van der Waals surface area contributed by atoms with E-state index in [-0.39, 0.29) is 18.8 Å². The van der Waals surface area contributed by atoms with Gasteiger partial charge in [-0.15, -0.1) is 0 Å². The van der Waals surface area contributed by atoms with Crippen molar-refractivity contribution in [1.29, 1.82) is 0 Å². The highest BCUT2D eigenvalue weighted by Crippen LogP contribution is 2.09. The number of aliphatic carboxylic acids is 2. The van der Waals surface area contributed by atoms with E-state index in [0.29, 0.717) is 13.0 Å². The molecule has 0 aromatic heterocycles. The van der Waals surface area contributed by atoms with Crippen molar-refractivity contribution in [1.82, 2.24) is 21.3 Å². The van der Waals surface area contributed by atoms with Gasteiger partial charge in [0.25, 0.3) is 0 Å². The molecule has 12 nitrogen and oxygen atoms in total. The lowest BCUT2D eigenvalue weighted by Gasteiger charge is -2.27. The zero-order chi connectivity index (χ0) is 24.4. The Bertz CT molecular complexity index is 691. The minimum Gasteiger partial charge on any atom is -0.481 e. The van der Waals surface area contributed by atoms with Crippen LogP contribution in [0, 0.1) is 5.92 Å². The smallest absolute Gasteiger partial charge is 0.326 e. The average Bonchev–Trinajstić information content (AvgIpc) is 3.22. The molecule has 1 aliphatic heterocycles. The molecule has 12 heteroatoms. The normalized spacial score (nSPS) is 19.5. The summed E-state index contributed by atoms with van der Waals surface area (Å²) in [6.07, 6.45) is -0.444. The minimum atomic E-state index is -1.44. The number of carbonyl (C=O) groups excluding carboxylic acids is 3. The number of carboxylic acid groups (broad SMARTS) is 2. The van der Waals surface area contributed by atoms with Gasteiger partial charge in [-0.3, -0.25) is 19.2 Å². The zero-order valence-corrected chi connectivity index (χ0v) is 18.6. The minimum absolute atomic E-state index is 0.0596. The molecule has 0 spiro atoms. The molecular weight excluding hydrogens is 424 g/mol. The molecule has 0 saturated carbocycles. The Morgan fingerprint density at radius 3 is 2.06 bits per heavy atom. The molecule has 1 rings (SSSR count). The summed E-state index contributed by atoms with van der Waals surface area (Å²) in [6, 6.07) is -4.36. The third kappa shape index (κ3) is 9.18. The SMILES string of the molecule is CC(C)CC(NC(=O)C(NC(=O)C1CCCN1)C(C)O)C(=O)NC(CCC(=O)O)C(=O)O. The molecule has 1 saturated heterocycles. The van der Waals surface area contributed by atoms with Gasteiger partial charge in [-0.1, -0.05) is 13.8 Å². The lowest BCUT2D eigenvalue weighted by molar-refractivity contribution is -0.143. The van der Waals surface area contributed by atoms with Gasteiger partial charge in [0.2, 0.25) is 17.7 Å². The zero-order valence-electron chi connectivity index (χ0n) is 18.6. The summed E-state index contributed by atoms with van der Waals surface area (Å²) in [4.78, 5) is 60.0. The maximum absolute atomic E-state index is 12.8. The van der Waals surface area contributed by atoms with E-state index in [4.69, 9.17) is 5.11 Å². The summed E-state index contributed by atoms with van der Waals surface area (Å²) >= 11 is 0. The second kappa shape index (κ2) is 13.0. The van der Waals surface area contributed by atoms with E-state index in [2.05, 4.69) is 21.3 Å². The van der Waals surface area contributed by atoms with Gasteiger partial charge in [-0.25, -0.2) is 4.79 Å². The molecule has 0 radical (unpaired) electrons. The Balaban J connectivity index is 2.88. The monoisotopic (exact) mass is 458 g/mol. The number of hydrogen-bond acceptors (Lipinski definition) is 7. The van der Waals surface area contributed by atoms with Gasteiger partial charge in [-0.05, 0) is 45.1 Å². The number of nitrogens with one attached hydrogen (secondary N) is 4. The van der Waals surface area contributed by atoms with Gasteiger partial charge in [0, 0.05) is 6.42 Å². The first-order chi connectivity index (χ1) is 14.9. The second-order valence-electron chi connectivity index (χ2n) is 8.40. The summed E-state index contributed by atoms with van der Waals surface area (Å²) < 4.78 is 0. The Morgan fingerprint density at radius 1 is 0.969 bits per heavy atom. The fourth-order valence-corrected chi connectivity index (χ4v) is 3.33. The summed E-state index contributed by atoms with van der Waals surface area (Å²) in [6.45, 7) is 5.60. The van der Waals surface area contributed by atoms with Crippen LogP contribution in [0.4, 0.5) is 0 Å². The number of carbonyl (C=O) groups is 5. The predicted octanol–water partition coefficient (Wildman–Crippen LogP) is -1.43. The van der Waals surface area contributed by atoms with Gasteiger partial charge in [0.1, 0.15) is 18.1 Å². The van der Waals surface area contributed by atoms with E-state index in [1.807, 2.05) is 0 Å². The molecule has 32 heavy (non-hydrogen) atoms. The van der Waals surface area contributed by atoms with Crippen LogP contribution in [0.5, 0.6) is 0 Å².